The molecule has 0 N–H and O–H groups in total. The molecule has 0 radical (unpaired) electrons. The third-order valence-corrected chi connectivity index (χ3v) is 5.57. The van der Waals surface area contributed by atoms with Gasteiger partial charge in [0.05, 0.1) is 19.2 Å². The van der Waals surface area contributed by atoms with E-state index in [2.05, 4.69) is 33.9 Å². The number of ether oxygens (including phenoxy) is 2. The summed E-state index contributed by atoms with van der Waals surface area (Å²) in [6.45, 7) is 5.13. The summed E-state index contributed by atoms with van der Waals surface area (Å²) >= 11 is 0. The largest absolute Gasteiger partial charge is 0.497 e. The molecule has 28 heavy (non-hydrogen) atoms. The second-order valence-corrected chi connectivity index (χ2v) is 7.58. The molecule has 4 heteroatoms. The van der Waals surface area contributed by atoms with Gasteiger partial charge in [0.25, 0.3) is 0 Å². The van der Waals surface area contributed by atoms with Gasteiger partial charge in [-0.15, -0.1) is 0 Å². The van der Waals surface area contributed by atoms with E-state index in [0.717, 1.165) is 37.6 Å². The molecule has 148 valence electrons. The number of hydrogen-bond acceptors (Lipinski definition) is 3. The van der Waals surface area contributed by atoms with Crippen LogP contribution in [0.5, 0.6) is 11.5 Å². The summed E-state index contributed by atoms with van der Waals surface area (Å²) in [5.41, 5.74) is 2.68. The Morgan fingerprint density at radius 2 is 1.75 bits per heavy atom. The second kappa shape index (κ2) is 9.16. The lowest BCUT2D eigenvalue weighted by molar-refractivity contribution is 0.221. The molecule has 2 heterocycles. The number of nitrogens with zero attached hydrogens (tertiary/aromatic N) is 2. The molecule has 0 spiro atoms. The van der Waals surface area contributed by atoms with E-state index in [9.17, 15) is 0 Å². The highest BCUT2D eigenvalue weighted by molar-refractivity contribution is 5.85. The van der Waals surface area contributed by atoms with E-state index in [1.807, 2.05) is 30.3 Å². The van der Waals surface area contributed by atoms with E-state index >= 15 is 0 Å². The standard InChI is InChI=1S/C24H30N2O2/c1-27-22-11-12-23-20(18-25-13-6-3-7-14-25)19-26(24(23)17-22)15-8-16-28-21-9-4-2-5-10-21/h2,4-5,9-12,17,19H,3,6-8,13-16,18H2,1H3. The van der Waals surface area contributed by atoms with E-state index < -0.39 is 0 Å². The van der Waals surface area contributed by atoms with Crippen LogP contribution in [0.15, 0.2) is 54.7 Å². The zero-order chi connectivity index (χ0) is 19.2. The maximum Gasteiger partial charge on any atom is 0.120 e. The van der Waals surface area contributed by atoms with Gasteiger partial charge in [-0.2, -0.15) is 0 Å². The van der Waals surface area contributed by atoms with Crippen molar-refractivity contribution in [3.8, 4) is 11.5 Å². The highest BCUT2D eigenvalue weighted by Crippen LogP contribution is 2.28. The Labute approximate surface area is 167 Å². The number of benzene rings is 2. The van der Waals surface area contributed by atoms with Crippen LogP contribution in [0, 0.1) is 0 Å². The Morgan fingerprint density at radius 3 is 2.54 bits per heavy atom. The van der Waals surface area contributed by atoms with Gasteiger partial charge in [-0.1, -0.05) is 24.6 Å². The highest BCUT2D eigenvalue weighted by Gasteiger charge is 2.15. The normalized spacial score (nSPS) is 15.0. The Hall–Kier alpha value is -2.46. The molecule has 4 rings (SSSR count). The quantitative estimate of drug-likeness (QED) is 0.510. The average Bonchev–Trinajstić information content (AvgIpc) is 3.09. The number of methoxy groups -OCH3 is 1. The van der Waals surface area contributed by atoms with Gasteiger partial charge < -0.3 is 14.0 Å². The molecular formula is C24H30N2O2. The Bertz CT molecular complexity index is 882. The summed E-state index contributed by atoms with van der Waals surface area (Å²) in [7, 11) is 1.73. The van der Waals surface area contributed by atoms with Crippen LogP contribution in [-0.4, -0.2) is 36.3 Å². The topological polar surface area (TPSA) is 26.6 Å². The molecule has 1 aliphatic heterocycles. The van der Waals surface area contributed by atoms with Crippen LogP contribution in [0.1, 0.15) is 31.2 Å². The van der Waals surface area contributed by atoms with Crippen molar-refractivity contribution in [3.63, 3.8) is 0 Å². The Morgan fingerprint density at radius 1 is 0.929 bits per heavy atom. The molecular weight excluding hydrogens is 348 g/mol. The summed E-state index contributed by atoms with van der Waals surface area (Å²) in [5, 5.41) is 1.34. The number of rotatable bonds is 8. The summed E-state index contributed by atoms with van der Waals surface area (Å²) in [6.07, 6.45) is 7.32. The Balaban J connectivity index is 1.47. The fourth-order valence-corrected chi connectivity index (χ4v) is 4.09. The monoisotopic (exact) mass is 378 g/mol. The summed E-state index contributed by atoms with van der Waals surface area (Å²) in [6, 6.07) is 16.5. The number of aromatic nitrogens is 1. The van der Waals surface area contributed by atoms with Crippen molar-refractivity contribution >= 4 is 10.9 Å². The van der Waals surface area contributed by atoms with Crippen LogP contribution < -0.4 is 9.47 Å². The molecule has 1 aliphatic rings. The van der Waals surface area contributed by atoms with Gasteiger partial charge in [-0.05, 0) is 62.2 Å². The number of para-hydroxylation sites is 1. The second-order valence-electron chi connectivity index (χ2n) is 7.58. The van der Waals surface area contributed by atoms with Crippen LogP contribution in [-0.2, 0) is 13.1 Å². The first-order valence-electron chi connectivity index (χ1n) is 10.4. The number of aryl methyl sites for hydroxylation is 1. The van der Waals surface area contributed by atoms with Crippen molar-refractivity contribution in [2.24, 2.45) is 0 Å². The summed E-state index contributed by atoms with van der Waals surface area (Å²) < 4.78 is 13.7. The summed E-state index contributed by atoms with van der Waals surface area (Å²) in [5.74, 6) is 1.85. The first kappa shape index (κ1) is 18.9. The van der Waals surface area contributed by atoms with Crippen molar-refractivity contribution in [2.45, 2.75) is 38.8 Å². The SMILES string of the molecule is COc1ccc2c(CN3CCCCC3)cn(CCCOc3ccccc3)c2c1. The third kappa shape index (κ3) is 4.50. The molecule has 0 unspecified atom stereocenters. The van der Waals surface area contributed by atoms with Crippen molar-refractivity contribution in [1.29, 1.82) is 0 Å². The van der Waals surface area contributed by atoms with E-state index in [4.69, 9.17) is 9.47 Å². The van der Waals surface area contributed by atoms with E-state index in [1.54, 1.807) is 7.11 Å². The molecule has 0 bridgehead atoms. The van der Waals surface area contributed by atoms with Gasteiger partial charge in [-0.3, -0.25) is 4.90 Å². The fourth-order valence-electron chi connectivity index (χ4n) is 4.09. The van der Waals surface area contributed by atoms with Gasteiger partial charge in [0.15, 0.2) is 0 Å². The van der Waals surface area contributed by atoms with Crippen LogP contribution in [0.2, 0.25) is 0 Å². The zero-order valence-corrected chi connectivity index (χ0v) is 16.8. The van der Waals surface area contributed by atoms with Gasteiger partial charge in [0.2, 0.25) is 0 Å². The number of hydrogen-bond donors (Lipinski definition) is 0. The minimum atomic E-state index is 0.717. The van der Waals surface area contributed by atoms with Crippen molar-refractivity contribution in [3.05, 3.63) is 60.3 Å². The predicted molar refractivity (Wildman–Crippen MR) is 114 cm³/mol. The zero-order valence-electron chi connectivity index (χ0n) is 16.8. The number of piperidine rings is 1. The molecule has 1 saturated heterocycles. The maximum absolute atomic E-state index is 5.87. The van der Waals surface area contributed by atoms with E-state index in [-0.39, 0.29) is 0 Å². The van der Waals surface area contributed by atoms with Crippen molar-refractivity contribution in [2.75, 3.05) is 26.8 Å². The lowest BCUT2D eigenvalue weighted by Gasteiger charge is -2.26. The third-order valence-electron chi connectivity index (χ3n) is 5.57. The van der Waals surface area contributed by atoms with Crippen molar-refractivity contribution < 1.29 is 9.47 Å². The lowest BCUT2D eigenvalue weighted by Crippen LogP contribution is -2.28. The van der Waals surface area contributed by atoms with E-state index in [1.165, 1.54) is 48.8 Å². The predicted octanol–water partition coefficient (Wildman–Crippen LogP) is 5.10. The molecule has 4 nitrogen and oxygen atoms in total. The van der Waals surface area contributed by atoms with Gasteiger partial charge in [0.1, 0.15) is 11.5 Å². The Kier molecular flexibility index (Phi) is 6.17. The van der Waals surface area contributed by atoms with Crippen LogP contribution >= 0.6 is 0 Å². The van der Waals surface area contributed by atoms with E-state index in [0.29, 0.717) is 0 Å². The molecule has 0 amide bonds. The molecule has 0 saturated carbocycles. The minimum absolute atomic E-state index is 0.717. The molecule has 0 atom stereocenters. The molecule has 1 aromatic heterocycles. The molecule has 3 aromatic rings. The number of likely N-dealkylation sites (tertiary alicyclic amines) is 1. The lowest BCUT2D eigenvalue weighted by atomic mass is 10.1. The molecule has 2 aromatic carbocycles. The first-order valence-corrected chi connectivity index (χ1v) is 10.4. The van der Waals surface area contributed by atoms with Gasteiger partial charge >= 0.3 is 0 Å². The highest BCUT2D eigenvalue weighted by atomic mass is 16.5. The smallest absolute Gasteiger partial charge is 0.120 e. The van der Waals surface area contributed by atoms with Gasteiger partial charge in [0, 0.05) is 30.7 Å². The van der Waals surface area contributed by atoms with Crippen LogP contribution in [0.25, 0.3) is 10.9 Å². The molecule has 0 aliphatic carbocycles. The minimum Gasteiger partial charge on any atom is -0.497 e. The number of fused-ring (bicyclic) bond motifs is 1. The fraction of sp³-hybridized carbons (Fsp3) is 0.417. The van der Waals surface area contributed by atoms with Crippen LogP contribution in [0.4, 0.5) is 0 Å². The average molecular weight is 379 g/mol. The maximum atomic E-state index is 5.87. The summed E-state index contributed by atoms with van der Waals surface area (Å²) in [4.78, 5) is 2.59. The van der Waals surface area contributed by atoms with Gasteiger partial charge in [-0.25, -0.2) is 0 Å². The first-order chi connectivity index (χ1) is 13.8. The molecule has 1 fully saturated rings. The van der Waals surface area contributed by atoms with Crippen molar-refractivity contribution in [1.82, 2.24) is 9.47 Å². The van der Waals surface area contributed by atoms with Crippen LogP contribution in [0.3, 0.4) is 0 Å².